The molecule has 1 saturated heterocycles. The van der Waals surface area contributed by atoms with Crippen LogP contribution in [0.1, 0.15) is 61.6 Å². The normalized spacial score (nSPS) is 20.4. The minimum atomic E-state index is -0.500. The molecule has 1 aliphatic rings. The Morgan fingerprint density at radius 3 is 2.58 bits per heavy atom. The van der Waals surface area contributed by atoms with Gasteiger partial charge in [-0.2, -0.15) is 0 Å². The Labute approximate surface area is 156 Å². The van der Waals surface area contributed by atoms with Crippen molar-refractivity contribution in [2.24, 2.45) is 0 Å². The van der Waals surface area contributed by atoms with Gasteiger partial charge in [0.1, 0.15) is 0 Å². The minimum Gasteiger partial charge on any atom is -0.387 e. The zero-order chi connectivity index (χ0) is 18.5. The number of aliphatic hydroxyl groups is 1. The van der Waals surface area contributed by atoms with E-state index in [9.17, 15) is 5.11 Å². The number of pyridine rings is 1. The number of aryl methyl sites for hydroxylation is 1. The van der Waals surface area contributed by atoms with Crippen LogP contribution >= 0.6 is 0 Å². The summed E-state index contributed by atoms with van der Waals surface area (Å²) >= 11 is 0. The first kappa shape index (κ1) is 18.8. The number of aromatic nitrogens is 1. The molecule has 0 radical (unpaired) electrons. The number of hydrogen-bond acceptors (Lipinski definition) is 3. The fraction of sp³-hybridized carbons (Fsp3) is 0.435. The van der Waals surface area contributed by atoms with Crippen molar-refractivity contribution in [2.45, 2.75) is 58.6 Å². The van der Waals surface area contributed by atoms with Crippen molar-refractivity contribution in [3.8, 4) is 0 Å². The number of piperidine rings is 1. The summed E-state index contributed by atoms with van der Waals surface area (Å²) in [5, 5.41) is 16.6. The maximum Gasteiger partial charge on any atom is 0.0950 e. The molecule has 3 nitrogen and oxygen atoms in total. The van der Waals surface area contributed by atoms with Gasteiger partial charge in [0.2, 0.25) is 0 Å². The molecular formula is C23H30N2O. The van der Waals surface area contributed by atoms with E-state index in [1.807, 2.05) is 19.9 Å². The SMILES string of the molecule is C/C=c1/c([C@@H](O)[C@H]2CCCCN2)cc(Cc2ccc(C)cc2)n/c1=C/C. The Bertz CT molecular complexity index is 849. The van der Waals surface area contributed by atoms with Gasteiger partial charge in [0.15, 0.2) is 0 Å². The lowest BCUT2D eigenvalue weighted by Gasteiger charge is -2.28. The molecule has 1 fully saturated rings. The van der Waals surface area contributed by atoms with Gasteiger partial charge in [-0.05, 0) is 57.4 Å². The second kappa shape index (κ2) is 8.61. The van der Waals surface area contributed by atoms with Crippen LogP contribution in [0.4, 0.5) is 0 Å². The van der Waals surface area contributed by atoms with Gasteiger partial charge in [0, 0.05) is 23.4 Å². The Morgan fingerprint density at radius 1 is 1.19 bits per heavy atom. The summed E-state index contributed by atoms with van der Waals surface area (Å²) in [6.07, 6.45) is 7.78. The molecule has 2 N–H and O–H groups in total. The molecule has 0 unspecified atom stereocenters. The van der Waals surface area contributed by atoms with E-state index in [0.717, 1.165) is 41.2 Å². The lowest BCUT2D eigenvalue weighted by atomic mass is 9.93. The second-order valence-electron chi connectivity index (χ2n) is 7.24. The molecule has 2 aromatic rings. The number of rotatable bonds is 4. The van der Waals surface area contributed by atoms with Crippen molar-refractivity contribution in [1.82, 2.24) is 10.3 Å². The van der Waals surface area contributed by atoms with Gasteiger partial charge in [0.05, 0.1) is 11.5 Å². The topological polar surface area (TPSA) is 45.1 Å². The molecule has 2 heterocycles. The lowest BCUT2D eigenvalue weighted by Crippen LogP contribution is -2.43. The van der Waals surface area contributed by atoms with Gasteiger partial charge >= 0.3 is 0 Å². The average Bonchev–Trinajstić information content (AvgIpc) is 2.69. The molecule has 1 aromatic carbocycles. The zero-order valence-corrected chi connectivity index (χ0v) is 16.1. The quantitative estimate of drug-likeness (QED) is 0.891. The largest absolute Gasteiger partial charge is 0.387 e. The van der Waals surface area contributed by atoms with Crippen LogP contribution < -0.4 is 15.9 Å². The molecule has 138 valence electrons. The van der Waals surface area contributed by atoms with E-state index in [0.29, 0.717) is 0 Å². The summed E-state index contributed by atoms with van der Waals surface area (Å²) in [4.78, 5) is 4.85. The summed E-state index contributed by atoms with van der Waals surface area (Å²) in [7, 11) is 0. The summed E-state index contributed by atoms with van der Waals surface area (Å²) in [5.74, 6) is 0. The van der Waals surface area contributed by atoms with Crippen LogP contribution in [0, 0.1) is 6.92 Å². The predicted octanol–water partition coefficient (Wildman–Crippen LogP) is 2.76. The third-order valence-corrected chi connectivity index (χ3v) is 5.29. The minimum absolute atomic E-state index is 0.127. The van der Waals surface area contributed by atoms with Gasteiger partial charge in [-0.15, -0.1) is 0 Å². The molecule has 3 rings (SSSR count). The molecule has 2 atom stereocenters. The Balaban J connectivity index is 2.00. The van der Waals surface area contributed by atoms with Crippen LogP contribution in [0.25, 0.3) is 12.2 Å². The van der Waals surface area contributed by atoms with Crippen LogP contribution in [-0.2, 0) is 6.42 Å². The molecule has 1 aromatic heterocycles. The molecular weight excluding hydrogens is 320 g/mol. The molecule has 1 aliphatic heterocycles. The van der Waals surface area contributed by atoms with Crippen LogP contribution in [0.5, 0.6) is 0 Å². The highest BCUT2D eigenvalue weighted by Gasteiger charge is 2.24. The van der Waals surface area contributed by atoms with E-state index in [4.69, 9.17) is 4.98 Å². The van der Waals surface area contributed by atoms with Crippen LogP contribution in [0.2, 0.25) is 0 Å². The highest BCUT2D eigenvalue weighted by Crippen LogP contribution is 2.21. The van der Waals surface area contributed by atoms with E-state index in [1.54, 1.807) is 0 Å². The number of nitrogens with zero attached hydrogens (tertiary/aromatic N) is 1. The first-order chi connectivity index (χ1) is 12.6. The Hall–Kier alpha value is -1.97. The summed E-state index contributed by atoms with van der Waals surface area (Å²) in [6, 6.07) is 10.8. The summed E-state index contributed by atoms with van der Waals surface area (Å²) < 4.78 is 0. The van der Waals surface area contributed by atoms with E-state index < -0.39 is 6.10 Å². The van der Waals surface area contributed by atoms with Crippen molar-refractivity contribution >= 4 is 12.2 Å². The van der Waals surface area contributed by atoms with Crippen molar-refractivity contribution in [3.05, 3.63) is 63.3 Å². The van der Waals surface area contributed by atoms with Gasteiger partial charge in [0.25, 0.3) is 0 Å². The van der Waals surface area contributed by atoms with Crippen LogP contribution in [0.15, 0.2) is 30.3 Å². The third kappa shape index (κ3) is 4.22. The number of benzene rings is 1. The summed E-state index contributed by atoms with van der Waals surface area (Å²) in [6.45, 7) is 7.12. The molecule has 0 amide bonds. The number of nitrogens with one attached hydrogen (secondary N) is 1. The molecule has 0 aliphatic carbocycles. The van der Waals surface area contributed by atoms with Gasteiger partial charge in [-0.25, -0.2) is 0 Å². The number of aliphatic hydroxyl groups excluding tert-OH is 1. The van der Waals surface area contributed by atoms with Gasteiger partial charge in [-0.1, -0.05) is 48.4 Å². The maximum absolute atomic E-state index is 11.1. The highest BCUT2D eigenvalue weighted by atomic mass is 16.3. The molecule has 0 bridgehead atoms. The standard InChI is InChI=1S/C23H30N2O/c1-4-19-20(23(26)22-8-6-7-13-24-22)15-18(25-21(19)5-2)14-17-11-9-16(3)10-12-17/h4-5,9-12,15,22-24,26H,6-8,13-14H2,1-3H3/b19-4-,21-5+/t22-,23-/m1/s1. The van der Waals surface area contributed by atoms with E-state index in [-0.39, 0.29) is 6.04 Å². The van der Waals surface area contributed by atoms with Crippen molar-refractivity contribution in [2.75, 3.05) is 6.54 Å². The van der Waals surface area contributed by atoms with Crippen LogP contribution in [-0.4, -0.2) is 22.7 Å². The molecule has 0 spiro atoms. The third-order valence-electron chi connectivity index (χ3n) is 5.29. The van der Waals surface area contributed by atoms with E-state index in [1.165, 1.54) is 24.0 Å². The first-order valence-electron chi connectivity index (χ1n) is 9.72. The molecule has 3 heteroatoms. The van der Waals surface area contributed by atoms with E-state index in [2.05, 4.69) is 48.6 Å². The fourth-order valence-electron chi connectivity index (χ4n) is 3.80. The van der Waals surface area contributed by atoms with E-state index >= 15 is 0 Å². The first-order valence-corrected chi connectivity index (χ1v) is 9.72. The van der Waals surface area contributed by atoms with Crippen LogP contribution in [0.3, 0.4) is 0 Å². The monoisotopic (exact) mass is 350 g/mol. The Morgan fingerprint density at radius 2 is 1.96 bits per heavy atom. The molecule has 26 heavy (non-hydrogen) atoms. The fourth-order valence-corrected chi connectivity index (χ4v) is 3.80. The van der Waals surface area contributed by atoms with Crippen molar-refractivity contribution in [1.29, 1.82) is 0 Å². The predicted molar refractivity (Wildman–Crippen MR) is 108 cm³/mol. The lowest BCUT2D eigenvalue weighted by molar-refractivity contribution is 0.113. The second-order valence-corrected chi connectivity index (χ2v) is 7.24. The van der Waals surface area contributed by atoms with Crippen molar-refractivity contribution < 1.29 is 5.11 Å². The zero-order valence-electron chi connectivity index (χ0n) is 16.1. The molecule has 0 saturated carbocycles. The highest BCUT2D eigenvalue weighted by molar-refractivity contribution is 5.36. The van der Waals surface area contributed by atoms with Gasteiger partial charge < -0.3 is 10.4 Å². The van der Waals surface area contributed by atoms with Gasteiger partial charge in [-0.3, -0.25) is 4.98 Å². The maximum atomic E-state index is 11.1. The summed E-state index contributed by atoms with van der Waals surface area (Å²) in [5.41, 5.74) is 4.52. The Kier molecular flexibility index (Phi) is 6.23. The number of hydrogen-bond donors (Lipinski definition) is 2. The average molecular weight is 351 g/mol. The van der Waals surface area contributed by atoms with Crippen molar-refractivity contribution in [3.63, 3.8) is 0 Å². The smallest absolute Gasteiger partial charge is 0.0950 e.